The second-order valence-electron chi connectivity index (χ2n) is 5.82. The van der Waals surface area contributed by atoms with E-state index < -0.39 is 9.84 Å². The summed E-state index contributed by atoms with van der Waals surface area (Å²) in [7, 11) is -3.29. The van der Waals surface area contributed by atoms with E-state index in [-0.39, 0.29) is 22.1 Å². The van der Waals surface area contributed by atoms with Crippen molar-refractivity contribution in [1.82, 2.24) is 14.5 Å². The van der Waals surface area contributed by atoms with Crippen molar-refractivity contribution in [1.29, 1.82) is 0 Å². The van der Waals surface area contributed by atoms with E-state index in [1.807, 2.05) is 4.90 Å². The second kappa shape index (κ2) is 6.21. The Kier molecular flexibility index (Phi) is 4.47. The van der Waals surface area contributed by atoms with Gasteiger partial charge in [-0.3, -0.25) is 4.79 Å². The van der Waals surface area contributed by atoms with Gasteiger partial charge in [0.05, 0.1) is 5.69 Å². The Morgan fingerprint density at radius 2 is 2.05 bits per heavy atom. The number of rotatable bonds is 3. The highest BCUT2D eigenvalue weighted by Crippen LogP contribution is 2.33. The molecule has 0 aromatic carbocycles. The van der Waals surface area contributed by atoms with Crippen molar-refractivity contribution < 1.29 is 17.9 Å². The van der Waals surface area contributed by atoms with Crippen LogP contribution in [0.4, 0.5) is 0 Å². The number of nitrogens with zero attached hydrogens (tertiary/aromatic N) is 3. The normalized spacial score (nSPS) is 23.9. The summed E-state index contributed by atoms with van der Waals surface area (Å²) in [6.45, 7) is 1.89. The first kappa shape index (κ1) is 15.8. The number of amides is 1. The molecule has 0 aliphatic carbocycles. The van der Waals surface area contributed by atoms with Crippen molar-refractivity contribution >= 4 is 27.3 Å². The third kappa shape index (κ3) is 3.16. The molecule has 7 nitrogen and oxygen atoms in total. The standard InChI is InChI=1S/C13H19N3O4S2/c1-22(18,19)13-11(14-15-21-13)9-4-6-16(7-5-9)12(17)10-3-2-8-20-10/h9-10H,2-8H2,1H3/t10-/m1/s1. The fourth-order valence-electron chi connectivity index (χ4n) is 3.04. The zero-order valence-corrected chi connectivity index (χ0v) is 14.0. The lowest BCUT2D eigenvalue weighted by Crippen LogP contribution is -2.43. The smallest absolute Gasteiger partial charge is 0.251 e. The molecule has 9 heteroatoms. The summed E-state index contributed by atoms with van der Waals surface area (Å²) in [4.78, 5) is 14.1. The Hall–Kier alpha value is -1.06. The predicted octanol–water partition coefficient (Wildman–Crippen LogP) is 0.827. The molecular formula is C13H19N3O4S2. The maximum absolute atomic E-state index is 12.3. The molecule has 0 radical (unpaired) electrons. The summed E-state index contributed by atoms with van der Waals surface area (Å²) >= 11 is 0.928. The largest absolute Gasteiger partial charge is 0.368 e. The van der Waals surface area contributed by atoms with Gasteiger partial charge in [0.15, 0.2) is 14.0 Å². The van der Waals surface area contributed by atoms with Gasteiger partial charge < -0.3 is 9.64 Å². The van der Waals surface area contributed by atoms with Crippen LogP contribution in [0, 0.1) is 0 Å². The molecule has 1 aromatic rings. The van der Waals surface area contributed by atoms with Gasteiger partial charge in [-0.15, -0.1) is 5.10 Å². The number of piperidine rings is 1. The number of sulfone groups is 1. The van der Waals surface area contributed by atoms with E-state index in [9.17, 15) is 13.2 Å². The van der Waals surface area contributed by atoms with Crippen molar-refractivity contribution in [3.8, 4) is 0 Å². The summed E-state index contributed by atoms with van der Waals surface area (Å²) < 4.78 is 33.0. The lowest BCUT2D eigenvalue weighted by atomic mass is 9.94. The number of carbonyl (C=O) groups excluding carboxylic acids is 1. The van der Waals surface area contributed by atoms with Crippen LogP contribution < -0.4 is 0 Å². The summed E-state index contributed by atoms with van der Waals surface area (Å²) in [6.07, 6.45) is 4.06. The Labute approximate surface area is 133 Å². The van der Waals surface area contributed by atoms with Gasteiger partial charge in [0.1, 0.15) is 6.10 Å². The number of hydrogen-bond donors (Lipinski definition) is 0. The quantitative estimate of drug-likeness (QED) is 0.806. The van der Waals surface area contributed by atoms with Crippen LogP contribution in [0.25, 0.3) is 0 Å². The molecule has 2 aliphatic heterocycles. The minimum Gasteiger partial charge on any atom is -0.368 e. The fourth-order valence-corrected chi connectivity index (χ4v) is 4.78. The van der Waals surface area contributed by atoms with E-state index in [2.05, 4.69) is 9.59 Å². The van der Waals surface area contributed by atoms with Gasteiger partial charge in [0.2, 0.25) is 0 Å². The first-order chi connectivity index (χ1) is 10.5. The average molecular weight is 345 g/mol. The third-order valence-electron chi connectivity index (χ3n) is 4.22. The number of ether oxygens (including phenoxy) is 1. The molecule has 0 saturated carbocycles. The first-order valence-corrected chi connectivity index (χ1v) is 10.1. The lowest BCUT2D eigenvalue weighted by molar-refractivity contribution is -0.142. The molecule has 0 spiro atoms. The van der Waals surface area contributed by atoms with Crippen molar-refractivity contribution in [3.63, 3.8) is 0 Å². The monoisotopic (exact) mass is 345 g/mol. The zero-order valence-electron chi connectivity index (χ0n) is 12.4. The Bertz CT molecular complexity index is 644. The Morgan fingerprint density at radius 3 is 2.64 bits per heavy atom. The van der Waals surface area contributed by atoms with Crippen LogP contribution in [0.1, 0.15) is 37.3 Å². The maximum Gasteiger partial charge on any atom is 0.251 e. The molecule has 1 amide bonds. The van der Waals surface area contributed by atoms with Crippen molar-refractivity contribution in [2.24, 2.45) is 0 Å². The summed E-state index contributed by atoms with van der Waals surface area (Å²) in [5, 5.41) is 4.01. The molecular weight excluding hydrogens is 326 g/mol. The molecule has 1 aromatic heterocycles. The summed E-state index contributed by atoms with van der Waals surface area (Å²) in [5.74, 6) is 0.118. The number of aromatic nitrogens is 2. The second-order valence-corrected chi connectivity index (χ2v) is 8.78. The molecule has 3 rings (SSSR count). The first-order valence-electron chi connectivity index (χ1n) is 7.39. The van der Waals surface area contributed by atoms with Gasteiger partial charge in [-0.1, -0.05) is 4.49 Å². The van der Waals surface area contributed by atoms with E-state index >= 15 is 0 Å². The highest BCUT2D eigenvalue weighted by atomic mass is 32.2. The molecule has 2 aliphatic rings. The third-order valence-corrected chi connectivity index (χ3v) is 6.77. The predicted molar refractivity (Wildman–Crippen MR) is 80.5 cm³/mol. The van der Waals surface area contributed by atoms with E-state index in [1.165, 1.54) is 6.26 Å². The van der Waals surface area contributed by atoms with Gasteiger partial charge in [0, 0.05) is 43.4 Å². The lowest BCUT2D eigenvalue weighted by Gasteiger charge is -2.32. The van der Waals surface area contributed by atoms with Gasteiger partial charge in [0.25, 0.3) is 5.91 Å². The molecule has 1 atom stereocenters. The van der Waals surface area contributed by atoms with E-state index in [0.717, 1.165) is 24.4 Å². The Morgan fingerprint density at radius 1 is 1.32 bits per heavy atom. The van der Waals surface area contributed by atoms with E-state index in [1.54, 1.807) is 0 Å². The van der Waals surface area contributed by atoms with Gasteiger partial charge in [-0.25, -0.2) is 8.42 Å². The molecule has 2 fully saturated rings. The van der Waals surface area contributed by atoms with E-state index in [4.69, 9.17) is 4.74 Å². The average Bonchev–Trinajstić information content (AvgIpc) is 3.17. The fraction of sp³-hybridized carbons (Fsp3) is 0.769. The van der Waals surface area contributed by atoms with Crippen LogP contribution in [0.3, 0.4) is 0 Å². The van der Waals surface area contributed by atoms with Gasteiger partial charge in [-0.05, 0) is 25.7 Å². The summed E-state index contributed by atoms with van der Waals surface area (Å²) in [6, 6.07) is 0. The van der Waals surface area contributed by atoms with E-state index in [0.29, 0.717) is 38.2 Å². The van der Waals surface area contributed by atoms with Gasteiger partial charge in [-0.2, -0.15) is 0 Å². The van der Waals surface area contributed by atoms with Crippen LogP contribution in [0.2, 0.25) is 0 Å². The zero-order chi connectivity index (χ0) is 15.7. The van der Waals surface area contributed by atoms with Crippen LogP contribution in [0.5, 0.6) is 0 Å². The molecule has 0 bridgehead atoms. The SMILES string of the molecule is CS(=O)(=O)c1snnc1C1CCN(C(=O)[C@H]2CCCO2)CC1. The van der Waals surface area contributed by atoms with Gasteiger partial charge >= 0.3 is 0 Å². The van der Waals surface area contributed by atoms with Crippen LogP contribution in [-0.2, 0) is 19.4 Å². The highest BCUT2D eigenvalue weighted by molar-refractivity contribution is 7.92. The van der Waals surface area contributed by atoms with Crippen molar-refractivity contribution in [3.05, 3.63) is 5.69 Å². The van der Waals surface area contributed by atoms with Crippen LogP contribution >= 0.6 is 11.5 Å². The number of likely N-dealkylation sites (tertiary alicyclic amines) is 1. The summed E-state index contributed by atoms with van der Waals surface area (Å²) in [5.41, 5.74) is 0.566. The molecule has 22 heavy (non-hydrogen) atoms. The number of carbonyl (C=O) groups is 1. The topological polar surface area (TPSA) is 89.5 Å². The molecule has 0 N–H and O–H groups in total. The minimum absolute atomic E-state index is 0.0528. The van der Waals surface area contributed by atoms with Crippen molar-refractivity contribution in [2.75, 3.05) is 26.0 Å². The molecule has 2 saturated heterocycles. The highest BCUT2D eigenvalue weighted by Gasteiger charge is 2.33. The molecule has 3 heterocycles. The van der Waals surface area contributed by atoms with Crippen LogP contribution in [0.15, 0.2) is 4.21 Å². The maximum atomic E-state index is 12.3. The van der Waals surface area contributed by atoms with Crippen LogP contribution in [-0.4, -0.2) is 60.9 Å². The van der Waals surface area contributed by atoms with Crippen molar-refractivity contribution in [2.45, 2.75) is 41.9 Å². The molecule has 122 valence electrons. The molecule has 0 unspecified atom stereocenters. The number of hydrogen-bond acceptors (Lipinski definition) is 7. The Balaban J connectivity index is 1.65. The minimum atomic E-state index is -3.29.